The topological polar surface area (TPSA) is 100 Å². The molecule has 0 unspecified atom stereocenters. The van der Waals surface area contributed by atoms with Gasteiger partial charge in [-0.2, -0.15) is 0 Å². The van der Waals surface area contributed by atoms with Crippen LogP contribution >= 0.6 is 0 Å². The lowest BCUT2D eigenvalue weighted by Crippen LogP contribution is -2.50. The number of carbonyl (C=O) groups is 2. The van der Waals surface area contributed by atoms with Crippen LogP contribution in [-0.2, 0) is 9.59 Å². The zero-order valence-corrected chi connectivity index (χ0v) is 16.7. The van der Waals surface area contributed by atoms with Gasteiger partial charge in [-0.15, -0.1) is 5.10 Å². The van der Waals surface area contributed by atoms with Gasteiger partial charge >= 0.3 is 0 Å². The SMILES string of the molecule is CCCNC(=O)[C@@H]1C[C@@H](O)CN1C(=O)[C@@H](n1cc(C2CC2)nn1)C(C)(C)C. The number of aliphatic hydroxyl groups excluding tert-OH is 1. The molecule has 3 rings (SSSR count). The van der Waals surface area contributed by atoms with Crippen LogP contribution in [0.4, 0.5) is 0 Å². The number of hydrogen-bond donors (Lipinski definition) is 2. The fraction of sp³-hybridized carbons (Fsp3) is 0.789. The fourth-order valence-electron chi connectivity index (χ4n) is 3.69. The normalized spacial score (nSPS) is 24.1. The molecule has 1 aliphatic heterocycles. The summed E-state index contributed by atoms with van der Waals surface area (Å²) in [6.45, 7) is 8.64. The van der Waals surface area contributed by atoms with Gasteiger partial charge in [0.15, 0.2) is 0 Å². The molecule has 1 aromatic heterocycles. The average Bonchev–Trinajstić information content (AvgIpc) is 3.20. The van der Waals surface area contributed by atoms with Crippen molar-refractivity contribution in [1.29, 1.82) is 0 Å². The van der Waals surface area contributed by atoms with E-state index in [-0.39, 0.29) is 24.8 Å². The highest BCUT2D eigenvalue weighted by atomic mass is 16.3. The van der Waals surface area contributed by atoms with Crippen molar-refractivity contribution in [3.63, 3.8) is 0 Å². The third-order valence-corrected chi connectivity index (χ3v) is 5.26. The third-order valence-electron chi connectivity index (χ3n) is 5.26. The number of likely N-dealkylation sites (tertiary alicyclic amines) is 1. The van der Waals surface area contributed by atoms with Gasteiger partial charge < -0.3 is 15.3 Å². The Labute approximate surface area is 160 Å². The van der Waals surface area contributed by atoms with E-state index >= 15 is 0 Å². The number of rotatable bonds is 6. The summed E-state index contributed by atoms with van der Waals surface area (Å²) in [4.78, 5) is 27.5. The standard InChI is InChI=1S/C19H31N5O3/c1-5-8-20-17(26)15-9-13(25)10-23(15)18(27)16(19(2,3)4)24-11-14(21-22-24)12-6-7-12/h11-13,15-16,25H,5-10H2,1-4H3,(H,20,26)/t13-,15+,16-/m1/s1. The molecule has 27 heavy (non-hydrogen) atoms. The Hall–Kier alpha value is -1.96. The summed E-state index contributed by atoms with van der Waals surface area (Å²) in [6, 6.07) is -1.22. The first-order valence-electron chi connectivity index (χ1n) is 9.90. The van der Waals surface area contributed by atoms with Crippen LogP contribution in [0.25, 0.3) is 0 Å². The van der Waals surface area contributed by atoms with Crippen molar-refractivity contribution in [1.82, 2.24) is 25.2 Å². The van der Waals surface area contributed by atoms with Crippen molar-refractivity contribution in [2.24, 2.45) is 5.41 Å². The molecule has 2 amide bonds. The van der Waals surface area contributed by atoms with Crippen molar-refractivity contribution in [3.8, 4) is 0 Å². The van der Waals surface area contributed by atoms with Crippen LogP contribution in [-0.4, -0.2) is 62.0 Å². The lowest BCUT2D eigenvalue weighted by molar-refractivity contribution is -0.144. The summed E-state index contributed by atoms with van der Waals surface area (Å²) in [5, 5.41) is 21.4. The van der Waals surface area contributed by atoms with Gasteiger partial charge in [0.2, 0.25) is 11.8 Å². The van der Waals surface area contributed by atoms with E-state index in [0.29, 0.717) is 12.5 Å². The lowest BCUT2D eigenvalue weighted by atomic mass is 9.85. The summed E-state index contributed by atoms with van der Waals surface area (Å²) in [5.74, 6) is 0.0604. The van der Waals surface area contributed by atoms with Gasteiger partial charge in [-0.05, 0) is 24.7 Å². The van der Waals surface area contributed by atoms with Crippen molar-refractivity contribution >= 4 is 11.8 Å². The maximum Gasteiger partial charge on any atom is 0.248 e. The summed E-state index contributed by atoms with van der Waals surface area (Å²) in [6.07, 6.45) is 4.50. The quantitative estimate of drug-likeness (QED) is 0.777. The van der Waals surface area contributed by atoms with Crippen LogP contribution in [0.15, 0.2) is 6.20 Å². The molecule has 2 aliphatic rings. The molecule has 2 heterocycles. The van der Waals surface area contributed by atoms with E-state index in [9.17, 15) is 14.7 Å². The van der Waals surface area contributed by atoms with Gasteiger partial charge in [0.05, 0.1) is 11.8 Å². The summed E-state index contributed by atoms with van der Waals surface area (Å²) < 4.78 is 1.64. The molecule has 0 bridgehead atoms. The van der Waals surface area contributed by atoms with E-state index in [1.54, 1.807) is 4.68 Å². The van der Waals surface area contributed by atoms with Crippen LogP contribution in [0.3, 0.4) is 0 Å². The molecular formula is C19H31N5O3. The number of nitrogens with one attached hydrogen (secondary N) is 1. The molecule has 2 N–H and O–H groups in total. The number of nitrogens with zero attached hydrogens (tertiary/aromatic N) is 4. The Morgan fingerprint density at radius 3 is 2.67 bits per heavy atom. The van der Waals surface area contributed by atoms with Crippen LogP contribution in [0, 0.1) is 5.41 Å². The van der Waals surface area contributed by atoms with Crippen LogP contribution < -0.4 is 5.32 Å². The molecule has 2 fully saturated rings. The molecule has 8 nitrogen and oxygen atoms in total. The molecular weight excluding hydrogens is 346 g/mol. The zero-order chi connectivity index (χ0) is 19.8. The minimum Gasteiger partial charge on any atom is -0.391 e. The van der Waals surface area contributed by atoms with Crippen LogP contribution in [0.1, 0.15) is 71.0 Å². The Balaban J connectivity index is 1.84. The van der Waals surface area contributed by atoms with E-state index in [1.165, 1.54) is 4.90 Å². The van der Waals surface area contributed by atoms with Gasteiger partial charge in [-0.1, -0.05) is 32.9 Å². The maximum atomic E-state index is 13.5. The first-order chi connectivity index (χ1) is 12.7. The van der Waals surface area contributed by atoms with E-state index in [0.717, 1.165) is 25.0 Å². The van der Waals surface area contributed by atoms with Gasteiger partial charge in [-0.25, -0.2) is 4.68 Å². The van der Waals surface area contributed by atoms with E-state index in [1.807, 2.05) is 33.9 Å². The van der Waals surface area contributed by atoms with Crippen LogP contribution in [0.5, 0.6) is 0 Å². The van der Waals surface area contributed by atoms with Crippen molar-refractivity contribution < 1.29 is 14.7 Å². The molecule has 0 aromatic carbocycles. The highest BCUT2D eigenvalue weighted by Gasteiger charge is 2.45. The summed E-state index contributed by atoms with van der Waals surface area (Å²) in [5.41, 5.74) is 0.514. The van der Waals surface area contributed by atoms with Gasteiger partial charge in [0.25, 0.3) is 0 Å². The molecule has 1 saturated carbocycles. The van der Waals surface area contributed by atoms with Gasteiger partial charge in [0, 0.05) is 31.6 Å². The summed E-state index contributed by atoms with van der Waals surface area (Å²) in [7, 11) is 0. The molecule has 3 atom stereocenters. The molecule has 0 spiro atoms. The first-order valence-corrected chi connectivity index (χ1v) is 9.90. The maximum absolute atomic E-state index is 13.5. The molecule has 0 radical (unpaired) electrons. The predicted octanol–water partition coefficient (Wildman–Crippen LogP) is 1.23. The number of carbonyl (C=O) groups excluding carboxylic acids is 2. The second-order valence-corrected chi connectivity index (χ2v) is 8.85. The molecule has 1 saturated heterocycles. The summed E-state index contributed by atoms with van der Waals surface area (Å²) >= 11 is 0. The Bertz CT molecular complexity index is 692. The smallest absolute Gasteiger partial charge is 0.248 e. The Kier molecular flexibility index (Phi) is 5.55. The van der Waals surface area contributed by atoms with Gasteiger partial charge in [-0.3, -0.25) is 9.59 Å². The molecule has 1 aromatic rings. The van der Waals surface area contributed by atoms with Crippen molar-refractivity contribution in [3.05, 3.63) is 11.9 Å². The molecule has 8 heteroatoms. The van der Waals surface area contributed by atoms with Crippen LogP contribution in [0.2, 0.25) is 0 Å². The minimum absolute atomic E-state index is 0.166. The largest absolute Gasteiger partial charge is 0.391 e. The highest BCUT2D eigenvalue weighted by molar-refractivity contribution is 5.90. The Morgan fingerprint density at radius 1 is 1.37 bits per heavy atom. The first kappa shape index (κ1) is 19.8. The van der Waals surface area contributed by atoms with E-state index in [2.05, 4.69) is 15.6 Å². The zero-order valence-electron chi connectivity index (χ0n) is 16.7. The number of aliphatic hydroxyl groups is 1. The second-order valence-electron chi connectivity index (χ2n) is 8.85. The second kappa shape index (κ2) is 7.58. The van der Waals surface area contributed by atoms with E-state index in [4.69, 9.17) is 0 Å². The Morgan fingerprint density at radius 2 is 2.07 bits per heavy atom. The van der Waals surface area contributed by atoms with Gasteiger partial charge in [0.1, 0.15) is 12.1 Å². The predicted molar refractivity (Wildman–Crippen MR) is 99.9 cm³/mol. The van der Waals surface area contributed by atoms with Crippen molar-refractivity contribution in [2.75, 3.05) is 13.1 Å². The molecule has 150 valence electrons. The lowest BCUT2D eigenvalue weighted by Gasteiger charge is -2.34. The highest BCUT2D eigenvalue weighted by Crippen LogP contribution is 2.40. The third kappa shape index (κ3) is 4.31. The minimum atomic E-state index is -0.690. The molecule has 1 aliphatic carbocycles. The van der Waals surface area contributed by atoms with E-state index < -0.39 is 23.6 Å². The number of hydrogen-bond acceptors (Lipinski definition) is 5. The number of aromatic nitrogens is 3. The number of β-amino-alcohol motifs (C(OH)–C–C–N with tert-alkyl or cyclic N) is 1. The average molecular weight is 377 g/mol. The fourth-order valence-corrected chi connectivity index (χ4v) is 3.69. The number of amides is 2. The monoisotopic (exact) mass is 377 g/mol. The van der Waals surface area contributed by atoms with Crippen molar-refractivity contribution in [2.45, 2.75) is 77.5 Å².